The molecule has 1 saturated heterocycles. The van der Waals surface area contributed by atoms with Crippen molar-refractivity contribution in [3.63, 3.8) is 0 Å². The Morgan fingerprint density at radius 3 is 0.929 bits per heavy atom. The summed E-state index contributed by atoms with van der Waals surface area (Å²) in [7, 11) is 0. The summed E-state index contributed by atoms with van der Waals surface area (Å²) in [6, 6.07) is 0. The summed E-state index contributed by atoms with van der Waals surface area (Å²) in [4.78, 5) is 5.01. The summed E-state index contributed by atoms with van der Waals surface area (Å²) in [6.45, 7) is 31.2. The predicted octanol–water partition coefficient (Wildman–Crippen LogP) is 5.47. The van der Waals surface area contributed by atoms with Crippen molar-refractivity contribution in [3.8, 4) is 0 Å². The molecule has 168 valence electrons. The third kappa shape index (κ3) is 7.59. The second-order valence-corrected chi connectivity index (χ2v) is 11.6. The highest BCUT2D eigenvalue weighted by molar-refractivity contribution is 4.95. The topological polar surface area (TPSA) is 24.9 Å². The molecule has 0 bridgehead atoms. The molecule has 28 heavy (non-hydrogen) atoms. The van der Waals surface area contributed by atoms with E-state index in [1.807, 2.05) is 0 Å². The van der Waals surface area contributed by atoms with Crippen LogP contribution in [-0.4, -0.2) is 59.6 Å². The molecule has 1 aliphatic heterocycles. The maximum absolute atomic E-state index is 6.87. The number of hydrogen-bond acceptors (Lipinski definition) is 4. The quantitative estimate of drug-likeness (QED) is 0.487. The van der Waals surface area contributed by atoms with Crippen molar-refractivity contribution >= 4 is 0 Å². The van der Waals surface area contributed by atoms with Crippen LogP contribution in [0.3, 0.4) is 0 Å². The molecule has 4 nitrogen and oxygen atoms in total. The van der Waals surface area contributed by atoms with Crippen molar-refractivity contribution in [1.29, 1.82) is 0 Å². The molecule has 0 N–H and O–H groups in total. The van der Waals surface area contributed by atoms with Crippen LogP contribution in [0.25, 0.3) is 0 Å². The highest BCUT2D eigenvalue weighted by atomic mass is 16.6. The van der Waals surface area contributed by atoms with E-state index in [1.54, 1.807) is 0 Å². The van der Waals surface area contributed by atoms with Crippen molar-refractivity contribution < 1.29 is 9.47 Å². The molecule has 1 aliphatic rings. The molecule has 0 aliphatic carbocycles. The van der Waals surface area contributed by atoms with Gasteiger partial charge in [0.05, 0.1) is 0 Å². The van der Waals surface area contributed by atoms with E-state index < -0.39 is 0 Å². The van der Waals surface area contributed by atoms with Crippen molar-refractivity contribution in [1.82, 2.24) is 9.80 Å². The van der Waals surface area contributed by atoms with Gasteiger partial charge >= 0.3 is 0 Å². The van der Waals surface area contributed by atoms with Gasteiger partial charge in [0.25, 0.3) is 0 Å². The highest BCUT2D eigenvalue weighted by Crippen LogP contribution is 2.39. The monoisotopic (exact) mass is 398 g/mol. The largest absolute Gasteiger partial charge is 0.350 e. The molecule has 1 heterocycles. The lowest BCUT2D eigenvalue weighted by atomic mass is 9.95. The Morgan fingerprint density at radius 2 is 0.750 bits per heavy atom. The molecular formula is C24H50N2O2. The Morgan fingerprint density at radius 1 is 0.536 bits per heavy atom. The van der Waals surface area contributed by atoms with Gasteiger partial charge in [-0.25, -0.2) is 0 Å². The predicted molar refractivity (Wildman–Crippen MR) is 120 cm³/mol. The zero-order chi connectivity index (χ0) is 21.9. The van der Waals surface area contributed by atoms with Gasteiger partial charge in [0.1, 0.15) is 23.7 Å². The molecule has 0 aromatic carbocycles. The fourth-order valence-corrected chi connectivity index (χ4v) is 4.41. The van der Waals surface area contributed by atoms with Crippen molar-refractivity contribution in [2.45, 2.75) is 107 Å². The van der Waals surface area contributed by atoms with Gasteiger partial charge < -0.3 is 9.47 Å². The van der Waals surface area contributed by atoms with Gasteiger partial charge in [-0.15, -0.1) is 0 Å². The molecule has 0 unspecified atom stereocenters. The summed E-state index contributed by atoms with van der Waals surface area (Å²) >= 11 is 0. The summed E-state index contributed by atoms with van der Waals surface area (Å²) in [6.07, 6.45) is -0.0769. The lowest BCUT2D eigenvalue weighted by molar-refractivity contribution is -0.354. The zero-order valence-corrected chi connectivity index (χ0v) is 21.0. The minimum atomic E-state index is -0.365. The SMILES string of the molecule is CC(C)CN(CC(C)C)[C@H]1OC(C)(C)[C@H](N(CC(C)C)CC(C)C)OC1(C)C. The first-order chi connectivity index (χ1) is 12.7. The van der Waals surface area contributed by atoms with Crippen LogP contribution < -0.4 is 0 Å². The van der Waals surface area contributed by atoms with Crippen molar-refractivity contribution in [3.05, 3.63) is 0 Å². The van der Waals surface area contributed by atoms with E-state index >= 15 is 0 Å². The average Bonchev–Trinajstić information content (AvgIpc) is 2.46. The first-order valence-corrected chi connectivity index (χ1v) is 11.5. The van der Waals surface area contributed by atoms with Gasteiger partial charge in [0, 0.05) is 26.2 Å². The van der Waals surface area contributed by atoms with Crippen LogP contribution in [0.15, 0.2) is 0 Å². The Bertz CT molecular complexity index is 396. The molecule has 0 spiro atoms. The molecule has 0 saturated carbocycles. The first-order valence-electron chi connectivity index (χ1n) is 11.5. The first kappa shape index (κ1) is 25.9. The lowest BCUT2D eigenvalue weighted by Gasteiger charge is -2.56. The Balaban J connectivity index is 3.15. The Kier molecular flexibility index (Phi) is 9.46. The van der Waals surface area contributed by atoms with E-state index in [9.17, 15) is 0 Å². The third-order valence-corrected chi connectivity index (χ3v) is 5.08. The van der Waals surface area contributed by atoms with Gasteiger partial charge in [0.15, 0.2) is 0 Å². The maximum atomic E-state index is 6.87. The minimum absolute atomic E-state index is 0.0384. The molecule has 0 radical (unpaired) electrons. The van der Waals surface area contributed by atoms with E-state index in [0.717, 1.165) is 26.2 Å². The van der Waals surface area contributed by atoms with Crippen molar-refractivity contribution in [2.75, 3.05) is 26.2 Å². The van der Waals surface area contributed by atoms with E-state index in [2.05, 4.69) is 92.9 Å². The van der Waals surface area contributed by atoms with Crippen LogP contribution in [-0.2, 0) is 9.47 Å². The minimum Gasteiger partial charge on any atom is -0.350 e. The number of rotatable bonds is 10. The molecule has 1 rings (SSSR count). The van der Waals surface area contributed by atoms with Gasteiger partial charge in [-0.05, 0) is 51.4 Å². The molecule has 2 atom stereocenters. The van der Waals surface area contributed by atoms with E-state index in [-0.39, 0.29) is 23.7 Å². The Hall–Kier alpha value is -0.160. The van der Waals surface area contributed by atoms with Crippen LogP contribution >= 0.6 is 0 Å². The van der Waals surface area contributed by atoms with Gasteiger partial charge in [-0.1, -0.05) is 55.4 Å². The van der Waals surface area contributed by atoms with E-state index in [4.69, 9.17) is 9.47 Å². The van der Waals surface area contributed by atoms with Crippen LogP contribution in [0.4, 0.5) is 0 Å². The van der Waals surface area contributed by atoms with Crippen LogP contribution in [0.2, 0.25) is 0 Å². The van der Waals surface area contributed by atoms with Gasteiger partial charge in [-0.3, -0.25) is 9.80 Å². The normalized spacial score (nSPS) is 25.1. The van der Waals surface area contributed by atoms with Crippen LogP contribution in [0, 0.1) is 23.7 Å². The molecule has 1 fully saturated rings. The summed E-state index contributed by atoms with van der Waals surface area (Å²) in [5.74, 6) is 2.38. The summed E-state index contributed by atoms with van der Waals surface area (Å²) in [5, 5.41) is 0. The number of hydrogen-bond donors (Lipinski definition) is 0. The fourth-order valence-electron chi connectivity index (χ4n) is 4.41. The molecule has 0 aromatic rings. The van der Waals surface area contributed by atoms with Gasteiger partial charge in [-0.2, -0.15) is 0 Å². The smallest absolute Gasteiger partial charge is 0.140 e. The molecule has 4 heteroatoms. The standard InChI is InChI=1S/C24H50N2O2/c1-17(2)13-25(14-18(3)4)21-23(9,10)28-22(24(11,12)27-21)26(15-19(5)6)16-20(7)8/h17-22H,13-16H2,1-12H3/t21-,22+. The average molecular weight is 399 g/mol. The summed E-state index contributed by atoms with van der Waals surface area (Å²) in [5.41, 5.74) is -0.730. The second-order valence-electron chi connectivity index (χ2n) is 11.6. The maximum Gasteiger partial charge on any atom is 0.140 e. The molecular weight excluding hydrogens is 348 g/mol. The van der Waals surface area contributed by atoms with Crippen molar-refractivity contribution in [2.24, 2.45) is 23.7 Å². The highest BCUT2D eigenvalue weighted by Gasteiger charge is 2.52. The zero-order valence-electron chi connectivity index (χ0n) is 21.0. The van der Waals surface area contributed by atoms with Gasteiger partial charge in [0.2, 0.25) is 0 Å². The van der Waals surface area contributed by atoms with Crippen LogP contribution in [0.1, 0.15) is 83.1 Å². The van der Waals surface area contributed by atoms with Crippen LogP contribution in [0.5, 0.6) is 0 Å². The third-order valence-electron chi connectivity index (χ3n) is 5.08. The molecule has 0 aromatic heterocycles. The molecule has 0 amide bonds. The van der Waals surface area contributed by atoms with E-state index in [0.29, 0.717) is 23.7 Å². The summed E-state index contributed by atoms with van der Waals surface area (Å²) < 4.78 is 13.7. The number of ether oxygens (including phenoxy) is 2. The Labute approximate surface area is 176 Å². The second kappa shape index (κ2) is 10.2. The van der Waals surface area contributed by atoms with E-state index in [1.165, 1.54) is 0 Å². The lowest BCUT2D eigenvalue weighted by Crippen LogP contribution is -2.69. The number of nitrogens with zero attached hydrogens (tertiary/aromatic N) is 2. The fraction of sp³-hybridized carbons (Fsp3) is 1.00.